The maximum absolute atomic E-state index is 12.0. The number of nitrogens with zero attached hydrogens (tertiary/aromatic N) is 1. The molecule has 4 atom stereocenters. The highest BCUT2D eigenvalue weighted by molar-refractivity contribution is 5.74. The van der Waals surface area contributed by atoms with Gasteiger partial charge >= 0.3 is 6.03 Å². The maximum Gasteiger partial charge on any atom is 0.315 e. The van der Waals surface area contributed by atoms with E-state index in [0.717, 1.165) is 53.0 Å². The summed E-state index contributed by atoms with van der Waals surface area (Å²) >= 11 is 0. The van der Waals surface area contributed by atoms with E-state index in [-0.39, 0.29) is 30.8 Å². The molecule has 1 heterocycles. The first kappa shape index (κ1) is 41.5. The third-order valence-electron chi connectivity index (χ3n) is 10.4. The van der Waals surface area contributed by atoms with Gasteiger partial charge in [-0.05, 0) is 72.8 Å². The zero-order chi connectivity index (χ0) is 37.0. The molecule has 2 amide bonds. The van der Waals surface area contributed by atoms with Gasteiger partial charge in [0.15, 0.2) is 6.29 Å². The minimum absolute atomic E-state index is 0.00576. The van der Waals surface area contributed by atoms with Crippen molar-refractivity contribution in [3.8, 4) is 11.1 Å². The Labute approximate surface area is 314 Å². The number of carbonyl (C=O) groups is 1. The van der Waals surface area contributed by atoms with Crippen molar-refractivity contribution in [3.63, 3.8) is 0 Å². The molecule has 4 rings (SSSR count). The van der Waals surface area contributed by atoms with Crippen LogP contribution in [0.2, 0.25) is 0 Å². The van der Waals surface area contributed by atoms with Crippen LogP contribution in [0.1, 0.15) is 139 Å². The summed E-state index contributed by atoms with van der Waals surface area (Å²) in [6.07, 6.45) is 14.9. The number of carbonyl (C=O) groups excluding carboxylic acids is 1. The van der Waals surface area contributed by atoms with Crippen LogP contribution in [-0.2, 0) is 22.6 Å². The Bertz CT molecular complexity index is 1410. The number of ether oxygens (including phenoxy) is 2. The van der Waals surface area contributed by atoms with Gasteiger partial charge in [0.2, 0.25) is 0 Å². The molecule has 1 aliphatic heterocycles. The van der Waals surface area contributed by atoms with Gasteiger partial charge in [0.25, 0.3) is 0 Å². The molecule has 52 heavy (non-hydrogen) atoms. The van der Waals surface area contributed by atoms with Crippen LogP contribution in [0, 0.1) is 5.92 Å². The zero-order valence-electron chi connectivity index (χ0n) is 32.6. The number of hydrogen-bond acceptors (Lipinski definition) is 5. The van der Waals surface area contributed by atoms with Crippen LogP contribution in [0.4, 0.5) is 4.79 Å². The largest absolute Gasteiger partial charge is 0.392 e. The van der Waals surface area contributed by atoms with E-state index in [1.165, 1.54) is 77.0 Å². The lowest BCUT2D eigenvalue weighted by Gasteiger charge is -2.43. The van der Waals surface area contributed by atoms with Gasteiger partial charge in [-0.15, -0.1) is 0 Å². The van der Waals surface area contributed by atoms with Gasteiger partial charge in [-0.1, -0.05) is 146 Å². The molecule has 3 aromatic carbocycles. The Balaban J connectivity index is 1.54. The number of aliphatic hydroxyl groups is 1. The Kier molecular flexibility index (Phi) is 18.7. The van der Waals surface area contributed by atoms with Crippen LogP contribution >= 0.6 is 0 Å². The smallest absolute Gasteiger partial charge is 0.315 e. The van der Waals surface area contributed by atoms with Crippen LogP contribution in [0.3, 0.4) is 0 Å². The van der Waals surface area contributed by atoms with Crippen molar-refractivity contribution in [1.29, 1.82) is 0 Å². The van der Waals surface area contributed by atoms with E-state index in [1.807, 2.05) is 31.2 Å². The second-order valence-corrected chi connectivity index (χ2v) is 14.7. The summed E-state index contributed by atoms with van der Waals surface area (Å²) < 4.78 is 13.8. The molecule has 3 aromatic rings. The van der Waals surface area contributed by atoms with Gasteiger partial charge in [-0.2, -0.15) is 0 Å². The second kappa shape index (κ2) is 23.4. The number of unbranched alkanes of at least 4 members (excludes halogenated alkanes) is 10. The molecule has 0 aliphatic carbocycles. The van der Waals surface area contributed by atoms with Crippen LogP contribution in [0.25, 0.3) is 11.1 Å². The monoisotopic (exact) mass is 714 g/mol. The Hall–Kier alpha value is -3.23. The minimum atomic E-state index is -0.517. The van der Waals surface area contributed by atoms with E-state index in [9.17, 15) is 9.90 Å². The lowest BCUT2D eigenvalue weighted by molar-refractivity contribution is -0.276. The van der Waals surface area contributed by atoms with Crippen molar-refractivity contribution in [1.82, 2.24) is 15.5 Å². The van der Waals surface area contributed by atoms with Crippen LogP contribution in [0.5, 0.6) is 0 Å². The van der Waals surface area contributed by atoms with E-state index in [1.54, 1.807) is 0 Å². The Morgan fingerprint density at radius 1 is 0.692 bits per heavy atom. The summed E-state index contributed by atoms with van der Waals surface area (Å²) in [4.78, 5) is 14.7. The number of benzene rings is 3. The standard InChI is InChI=1S/C45H67N3O4/c1-5-8-10-12-14-16-28-48(29-17-15-13-11-9-6-2)33-42-35(4)43(38-26-24-36(34-49)25-27-38)52-44(51-42)41-23-19-22-40(31-41)39-21-18-20-37(30-39)32-47-45(50)46-7-3/h18-27,30-31,35,42-44,49H,5-17,28-29,32-34H2,1-4H3,(H2,46,47,50)/t35-,42+,43+,44+/m1/s1. The summed E-state index contributed by atoms with van der Waals surface area (Å²) in [6, 6.07) is 24.9. The lowest BCUT2D eigenvalue weighted by atomic mass is 9.89. The van der Waals surface area contributed by atoms with Gasteiger partial charge in [0, 0.05) is 31.1 Å². The molecule has 1 fully saturated rings. The molecule has 0 aromatic heterocycles. The van der Waals surface area contributed by atoms with Gasteiger partial charge < -0.3 is 30.1 Å². The molecule has 3 N–H and O–H groups in total. The van der Waals surface area contributed by atoms with Gasteiger partial charge in [0.1, 0.15) is 0 Å². The first-order chi connectivity index (χ1) is 25.4. The predicted molar refractivity (Wildman–Crippen MR) is 214 cm³/mol. The molecule has 1 saturated heterocycles. The number of amides is 2. The molecule has 0 saturated carbocycles. The lowest BCUT2D eigenvalue weighted by Crippen LogP contribution is -2.45. The highest BCUT2D eigenvalue weighted by atomic mass is 16.7. The fourth-order valence-corrected chi connectivity index (χ4v) is 7.24. The third kappa shape index (κ3) is 13.6. The molecular formula is C45H67N3O4. The van der Waals surface area contributed by atoms with E-state index in [4.69, 9.17) is 9.47 Å². The molecule has 0 spiro atoms. The average Bonchev–Trinajstić information content (AvgIpc) is 3.17. The Morgan fingerprint density at radius 2 is 1.31 bits per heavy atom. The number of rotatable bonds is 23. The SMILES string of the molecule is CCCCCCCCN(CCCCCCCC)C[C@@H]1O[C@H](c2cccc(-c3cccc(CNC(=O)NCC)c3)c2)O[C@H](c2ccc(CO)cc2)[C@@H]1C. The quantitative estimate of drug-likeness (QED) is 0.0852. The molecule has 0 unspecified atom stereocenters. The van der Waals surface area contributed by atoms with Crippen molar-refractivity contribution in [2.45, 2.75) is 136 Å². The summed E-state index contributed by atoms with van der Waals surface area (Å²) in [5.74, 6) is 0.144. The van der Waals surface area contributed by atoms with E-state index >= 15 is 0 Å². The van der Waals surface area contributed by atoms with E-state index < -0.39 is 6.29 Å². The van der Waals surface area contributed by atoms with Crippen molar-refractivity contribution >= 4 is 6.03 Å². The first-order valence-corrected chi connectivity index (χ1v) is 20.4. The first-order valence-electron chi connectivity index (χ1n) is 20.4. The summed E-state index contributed by atoms with van der Waals surface area (Å²) in [5.41, 5.74) is 6.21. The van der Waals surface area contributed by atoms with E-state index in [2.05, 4.69) is 84.8 Å². The second-order valence-electron chi connectivity index (χ2n) is 14.7. The highest BCUT2D eigenvalue weighted by Crippen LogP contribution is 2.42. The summed E-state index contributed by atoms with van der Waals surface area (Å²) in [7, 11) is 0. The van der Waals surface area contributed by atoms with E-state index in [0.29, 0.717) is 13.1 Å². The van der Waals surface area contributed by atoms with Crippen molar-refractivity contribution in [2.75, 3.05) is 26.2 Å². The summed E-state index contributed by atoms with van der Waals surface area (Å²) in [6.45, 7) is 12.9. The molecular weight excluding hydrogens is 647 g/mol. The zero-order valence-corrected chi connectivity index (χ0v) is 32.6. The average molecular weight is 714 g/mol. The molecule has 7 nitrogen and oxygen atoms in total. The fourth-order valence-electron chi connectivity index (χ4n) is 7.24. The molecule has 0 bridgehead atoms. The van der Waals surface area contributed by atoms with Crippen LogP contribution < -0.4 is 10.6 Å². The maximum atomic E-state index is 12.0. The van der Waals surface area contributed by atoms with Crippen molar-refractivity contribution in [2.24, 2.45) is 5.92 Å². The molecule has 1 aliphatic rings. The van der Waals surface area contributed by atoms with Crippen molar-refractivity contribution < 1.29 is 19.4 Å². The van der Waals surface area contributed by atoms with Gasteiger partial charge in [0.05, 0.1) is 18.8 Å². The number of aliphatic hydroxyl groups excluding tert-OH is 1. The fraction of sp³-hybridized carbons (Fsp3) is 0.578. The molecule has 286 valence electrons. The van der Waals surface area contributed by atoms with Gasteiger partial charge in [-0.3, -0.25) is 0 Å². The van der Waals surface area contributed by atoms with Crippen LogP contribution in [-0.4, -0.2) is 48.3 Å². The highest BCUT2D eigenvalue weighted by Gasteiger charge is 2.39. The molecule has 7 heteroatoms. The minimum Gasteiger partial charge on any atom is -0.392 e. The predicted octanol–water partition coefficient (Wildman–Crippen LogP) is 10.5. The summed E-state index contributed by atoms with van der Waals surface area (Å²) in [5, 5.41) is 15.4. The normalized spacial score (nSPS) is 18.8. The molecule has 0 radical (unpaired) electrons. The number of nitrogens with one attached hydrogen (secondary N) is 2. The third-order valence-corrected chi connectivity index (χ3v) is 10.4. The number of urea groups is 1. The Morgan fingerprint density at radius 3 is 1.94 bits per heavy atom. The van der Waals surface area contributed by atoms with Crippen molar-refractivity contribution in [3.05, 3.63) is 95.1 Å². The topological polar surface area (TPSA) is 83.1 Å². The van der Waals surface area contributed by atoms with Crippen LogP contribution in [0.15, 0.2) is 72.8 Å². The van der Waals surface area contributed by atoms with Gasteiger partial charge in [-0.25, -0.2) is 4.79 Å². The number of hydrogen-bond donors (Lipinski definition) is 3.